The summed E-state index contributed by atoms with van der Waals surface area (Å²) < 4.78 is 0. The van der Waals surface area contributed by atoms with Crippen LogP contribution < -0.4 is 5.73 Å². The van der Waals surface area contributed by atoms with Gasteiger partial charge in [-0.1, -0.05) is 66.7 Å². The molecule has 0 unspecified atom stereocenters. The van der Waals surface area contributed by atoms with Crippen LogP contribution in [0, 0.1) is 0 Å². The molecular formula is C22H18N4O. The minimum Gasteiger partial charge on any atom is -0.507 e. The number of hydrogen-bond donors (Lipinski definition) is 2. The number of para-hydroxylation sites is 1. The van der Waals surface area contributed by atoms with Crippen LogP contribution in [-0.2, 0) is 6.54 Å². The first-order valence-corrected chi connectivity index (χ1v) is 8.64. The number of phenols is 1. The lowest BCUT2D eigenvalue weighted by Gasteiger charge is -2.09. The molecule has 0 aliphatic rings. The second-order valence-corrected chi connectivity index (χ2v) is 6.09. The quantitative estimate of drug-likeness (QED) is 0.578. The fraction of sp³-hybridized carbons (Fsp3) is 0.0455. The van der Waals surface area contributed by atoms with Crippen LogP contribution in [0.4, 0.5) is 0 Å². The molecule has 5 nitrogen and oxygen atoms in total. The van der Waals surface area contributed by atoms with Crippen LogP contribution in [-0.4, -0.2) is 20.1 Å². The predicted octanol–water partition coefficient (Wildman–Crippen LogP) is 4.04. The smallest absolute Gasteiger partial charge is 0.167 e. The number of nitrogens with two attached hydrogens (primary N) is 1. The average molecular weight is 354 g/mol. The summed E-state index contributed by atoms with van der Waals surface area (Å²) in [6.07, 6.45) is 0. The van der Waals surface area contributed by atoms with E-state index in [9.17, 15) is 5.11 Å². The Morgan fingerprint density at radius 1 is 0.630 bits per heavy atom. The Labute approximate surface area is 157 Å². The molecule has 132 valence electrons. The summed E-state index contributed by atoms with van der Waals surface area (Å²) in [6, 6.07) is 24.6. The first kappa shape index (κ1) is 16.9. The molecule has 0 spiro atoms. The lowest BCUT2D eigenvalue weighted by atomic mass is 10.1. The number of rotatable bonds is 4. The van der Waals surface area contributed by atoms with E-state index < -0.39 is 0 Å². The van der Waals surface area contributed by atoms with Gasteiger partial charge in [0.1, 0.15) is 5.75 Å². The van der Waals surface area contributed by atoms with E-state index >= 15 is 0 Å². The van der Waals surface area contributed by atoms with Crippen molar-refractivity contribution in [3.05, 3.63) is 84.4 Å². The van der Waals surface area contributed by atoms with Gasteiger partial charge >= 0.3 is 0 Å². The summed E-state index contributed by atoms with van der Waals surface area (Å²) in [6.45, 7) is 0.482. The molecule has 27 heavy (non-hydrogen) atoms. The van der Waals surface area contributed by atoms with Crippen LogP contribution in [0.15, 0.2) is 78.9 Å². The van der Waals surface area contributed by atoms with Gasteiger partial charge in [0.05, 0.1) is 5.56 Å². The second-order valence-electron chi connectivity index (χ2n) is 6.09. The summed E-state index contributed by atoms with van der Waals surface area (Å²) in [5, 5.41) is 10.2. The fourth-order valence-corrected chi connectivity index (χ4v) is 2.79. The molecule has 1 aromatic heterocycles. The first-order chi connectivity index (χ1) is 13.2. The largest absolute Gasteiger partial charge is 0.507 e. The van der Waals surface area contributed by atoms with E-state index in [1.807, 2.05) is 60.7 Å². The van der Waals surface area contributed by atoms with Crippen LogP contribution >= 0.6 is 0 Å². The maximum atomic E-state index is 10.2. The number of aromatic nitrogens is 3. The Balaban J connectivity index is 1.90. The van der Waals surface area contributed by atoms with Gasteiger partial charge in [0.2, 0.25) is 0 Å². The van der Waals surface area contributed by atoms with E-state index in [4.69, 9.17) is 5.73 Å². The minimum absolute atomic E-state index is 0.132. The van der Waals surface area contributed by atoms with Gasteiger partial charge < -0.3 is 10.8 Å². The van der Waals surface area contributed by atoms with Gasteiger partial charge in [0.25, 0.3) is 0 Å². The SMILES string of the molecule is NCc1ccc(-c2nc(-c3ccccc3)nc(-c3ccccc3O)n2)cc1. The predicted molar refractivity (Wildman–Crippen MR) is 106 cm³/mol. The minimum atomic E-state index is 0.132. The van der Waals surface area contributed by atoms with Crippen molar-refractivity contribution in [3.8, 4) is 39.9 Å². The molecule has 4 rings (SSSR count). The van der Waals surface area contributed by atoms with Crippen LogP contribution in [0.3, 0.4) is 0 Å². The molecule has 3 aromatic carbocycles. The van der Waals surface area contributed by atoms with Gasteiger partial charge in [0, 0.05) is 17.7 Å². The lowest BCUT2D eigenvalue weighted by molar-refractivity contribution is 0.477. The molecule has 0 saturated carbocycles. The molecular weight excluding hydrogens is 336 g/mol. The molecule has 0 amide bonds. The van der Waals surface area contributed by atoms with E-state index in [-0.39, 0.29) is 5.75 Å². The maximum absolute atomic E-state index is 10.2. The molecule has 5 heteroatoms. The van der Waals surface area contributed by atoms with Gasteiger partial charge in [-0.25, -0.2) is 15.0 Å². The van der Waals surface area contributed by atoms with E-state index in [0.717, 1.165) is 16.7 Å². The van der Waals surface area contributed by atoms with Crippen molar-refractivity contribution in [1.82, 2.24) is 15.0 Å². The Bertz CT molecular complexity index is 1060. The zero-order valence-electron chi connectivity index (χ0n) is 14.6. The molecule has 0 aliphatic carbocycles. The molecule has 3 N–H and O–H groups in total. The van der Waals surface area contributed by atoms with Gasteiger partial charge in [-0.3, -0.25) is 0 Å². The molecule has 0 bridgehead atoms. The normalized spacial score (nSPS) is 10.7. The molecule has 1 heterocycles. The number of benzene rings is 3. The Morgan fingerprint density at radius 3 is 1.81 bits per heavy atom. The average Bonchev–Trinajstić information content (AvgIpc) is 2.74. The van der Waals surface area contributed by atoms with Crippen molar-refractivity contribution < 1.29 is 5.11 Å². The summed E-state index contributed by atoms with van der Waals surface area (Å²) in [5.74, 6) is 1.67. The second kappa shape index (κ2) is 7.35. The van der Waals surface area contributed by atoms with Crippen molar-refractivity contribution in [2.45, 2.75) is 6.54 Å². The third-order valence-corrected chi connectivity index (χ3v) is 4.26. The summed E-state index contributed by atoms with van der Waals surface area (Å²) >= 11 is 0. The van der Waals surface area contributed by atoms with Crippen LogP contribution in [0.1, 0.15) is 5.56 Å². The monoisotopic (exact) mass is 354 g/mol. The Morgan fingerprint density at radius 2 is 1.19 bits per heavy atom. The Hall–Kier alpha value is -3.57. The van der Waals surface area contributed by atoms with Crippen LogP contribution in [0.2, 0.25) is 0 Å². The molecule has 0 radical (unpaired) electrons. The van der Waals surface area contributed by atoms with Gasteiger partial charge in [0.15, 0.2) is 17.5 Å². The van der Waals surface area contributed by atoms with Crippen molar-refractivity contribution in [3.63, 3.8) is 0 Å². The van der Waals surface area contributed by atoms with Crippen molar-refractivity contribution in [2.75, 3.05) is 0 Å². The summed E-state index contributed by atoms with van der Waals surface area (Å²) in [5.41, 5.74) is 9.04. The zero-order valence-corrected chi connectivity index (χ0v) is 14.6. The highest BCUT2D eigenvalue weighted by atomic mass is 16.3. The van der Waals surface area contributed by atoms with Crippen molar-refractivity contribution >= 4 is 0 Å². The highest BCUT2D eigenvalue weighted by molar-refractivity contribution is 5.69. The molecule has 0 fully saturated rings. The standard InChI is InChI=1S/C22H18N4O/c23-14-15-10-12-17(13-11-15)21-24-20(16-6-2-1-3-7-16)25-22(26-21)18-8-4-5-9-19(18)27/h1-13,27H,14,23H2. The number of hydrogen-bond acceptors (Lipinski definition) is 5. The number of phenolic OH excluding ortho intramolecular Hbond substituents is 1. The molecule has 0 atom stereocenters. The van der Waals surface area contributed by atoms with Crippen LogP contribution in [0.5, 0.6) is 5.75 Å². The topological polar surface area (TPSA) is 84.9 Å². The molecule has 0 aliphatic heterocycles. The maximum Gasteiger partial charge on any atom is 0.167 e. The van der Waals surface area contributed by atoms with Gasteiger partial charge in [-0.05, 0) is 17.7 Å². The molecule has 0 saturated heterocycles. The highest BCUT2D eigenvalue weighted by Gasteiger charge is 2.14. The molecule has 4 aromatic rings. The summed E-state index contributed by atoms with van der Waals surface area (Å²) in [4.78, 5) is 13.8. The lowest BCUT2D eigenvalue weighted by Crippen LogP contribution is -2.01. The van der Waals surface area contributed by atoms with Crippen molar-refractivity contribution in [1.29, 1.82) is 0 Å². The first-order valence-electron chi connectivity index (χ1n) is 8.64. The van der Waals surface area contributed by atoms with Gasteiger partial charge in [-0.15, -0.1) is 0 Å². The fourth-order valence-electron chi connectivity index (χ4n) is 2.79. The van der Waals surface area contributed by atoms with E-state index in [1.165, 1.54) is 0 Å². The zero-order chi connectivity index (χ0) is 18.6. The van der Waals surface area contributed by atoms with Crippen molar-refractivity contribution in [2.24, 2.45) is 5.73 Å². The number of nitrogens with zero attached hydrogens (tertiary/aromatic N) is 3. The third kappa shape index (κ3) is 3.54. The van der Waals surface area contributed by atoms with E-state index in [0.29, 0.717) is 29.6 Å². The number of aromatic hydroxyl groups is 1. The van der Waals surface area contributed by atoms with Crippen LogP contribution in [0.25, 0.3) is 34.2 Å². The van der Waals surface area contributed by atoms with E-state index in [2.05, 4.69) is 15.0 Å². The van der Waals surface area contributed by atoms with E-state index in [1.54, 1.807) is 18.2 Å². The summed E-state index contributed by atoms with van der Waals surface area (Å²) in [7, 11) is 0. The third-order valence-electron chi connectivity index (χ3n) is 4.26. The van der Waals surface area contributed by atoms with Gasteiger partial charge in [-0.2, -0.15) is 0 Å². The highest BCUT2D eigenvalue weighted by Crippen LogP contribution is 2.29. The Kier molecular flexibility index (Phi) is 4.60.